The van der Waals surface area contributed by atoms with Crippen molar-refractivity contribution in [3.63, 3.8) is 0 Å². The number of hydrogen-bond acceptors (Lipinski definition) is 7. The van der Waals surface area contributed by atoms with E-state index in [1.165, 1.54) is 17.3 Å². The smallest absolute Gasteiger partial charge is 0.357 e. The maximum Gasteiger partial charge on any atom is 0.357 e. The molecule has 3 aromatic heterocycles. The average molecular weight is 431 g/mol. The summed E-state index contributed by atoms with van der Waals surface area (Å²) < 4.78 is 16.3. The van der Waals surface area contributed by atoms with Crippen LogP contribution in [-0.4, -0.2) is 34.2 Å². The third-order valence-electron chi connectivity index (χ3n) is 5.65. The molecule has 1 saturated carbocycles. The van der Waals surface area contributed by atoms with Gasteiger partial charge >= 0.3 is 5.97 Å². The molecule has 1 aliphatic heterocycles. The zero-order chi connectivity index (χ0) is 21.9. The Morgan fingerprint density at radius 2 is 2.00 bits per heavy atom. The fourth-order valence-electron chi connectivity index (χ4n) is 4.24. The first-order valence-corrected chi connectivity index (χ1v) is 10.5. The van der Waals surface area contributed by atoms with Crippen LogP contribution in [0.5, 0.6) is 0 Å². The number of nitrogens with zero attached hydrogens (tertiary/aromatic N) is 3. The summed E-state index contributed by atoms with van der Waals surface area (Å²) in [5, 5.41) is 6.08. The fraction of sp³-hybridized carbons (Fsp3) is 0.250. The molecule has 2 aliphatic rings. The lowest BCUT2D eigenvalue weighted by molar-refractivity contribution is -0.137. The number of ether oxygens (including phenoxy) is 1. The van der Waals surface area contributed by atoms with Crippen molar-refractivity contribution in [2.24, 2.45) is 11.0 Å². The van der Waals surface area contributed by atoms with Crippen LogP contribution in [0.15, 0.2) is 80.7 Å². The number of carbonyl (C=O) groups excluding carboxylic acids is 2. The summed E-state index contributed by atoms with van der Waals surface area (Å²) in [5.74, 6) is 0.307. The van der Waals surface area contributed by atoms with Crippen LogP contribution in [0.4, 0.5) is 0 Å². The van der Waals surface area contributed by atoms with Crippen molar-refractivity contribution in [2.45, 2.75) is 25.3 Å². The normalized spacial score (nSPS) is 21.3. The van der Waals surface area contributed by atoms with Crippen LogP contribution < -0.4 is 0 Å². The quantitative estimate of drug-likeness (QED) is 0.560. The molecule has 1 aliphatic carbocycles. The first-order chi connectivity index (χ1) is 15.7. The van der Waals surface area contributed by atoms with E-state index in [-0.39, 0.29) is 17.7 Å². The van der Waals surface area contributed by atoms with Crippen molar-refractivity contribution < 1.29 is 23.2 Å². The van der Waals surface area contributed by atoms with Gasteiger partial charge in [0.1, 0.15) is 23.3 Å². The predicted octanol–water partition coefficient (Wildman–Crippen LogP) is 4.25. The first kappa shape index (κ1) is 20.0. The molecule has 8 heteroatoms. The van der Waals surface area contributed by atoms with Crippen LogP contribution >= 0.6 is 0 Å². The Morgan fingerprint density at radius 3 is 2.75 bits per heavy atom. The van der Waals surface area contributed by atoms with Crippen LogP contribution in [-0.2, 0) is 9.53 Å². The highest BCUT2D eigenvalue weighted by Crippen LogP contribution is 2.44. The van der Waals surface area contributed by atoms with Gasteiger partial charge in [0.2, 0.25) is 0 Å². The molecule has 3 aromatic rings. The van der Waals surface area contributed by atoms with E-state index in [0.717, 1.165) is 36.3 Å². The second-order valence-corrected chi connectivity index (χ2v) is 7.66. The highest BCUT2D eigenvalue weighted by Gasteiger charge is 2.45. The summed E-state index contributed by atoms with van der Waals surface area (Å²) in [7, 11) is 0. The van der Waals surface area contributed by atoms with Crippen LogP contribution in [0.3, 0.4) is 0 Å². The van der Waals surface area contributed by atoms with Crippen molar-refractivity contribution in [3.8, 4) is 0 Å². The van der Waals surface area contributed by atoms with Gasteiger partial charge < -0.3 is 13.6 Å². The molecule has 0 saturated heterocycles. The maximum atomic E-state index is 13.1. The van der Waals surface area contributed by atoms with E-state index < -0.39 is 18.5 Å². The van der Waals surface area contributed by atoms with E-state index in [2.05, 4.69) is 10.1 Å². The number of furan rings is 2. The van der Waals surface area contributed by atoms with Crippen molar-refractivity contribution in [1.82, 2.24) is 9.99 Å². The van der Waals surface area contributed by atoms with E-state index >= 15 is 0 Å². The van der Waals surface area contributed by atoms with E-state index in [1.54, 1.807) is 30.7 Å². The van der Waals surface area contributed by atoms with Crippen LogP contribution in [0.25, 0.3) is 6.08 Å². The van der Waals surface area contributed by atoms with Gasteiger partial charge in [0, 0.05) is 12.1 Å². The molecule has 0 bridgehead atoms. The number of fused-ring (bicyclic) bond motifs is 1. The number of amides is 1. The minimum atomic E-state index is -0.656. The van der Waals surface area contributed by atoms with Gasteiger partial charge in [-0.1, -0.05) is 6.07 Å². The summed E-state index contributed by atoms with van der Waals surface area (Å²) >= 11 is 0. The Labute approximate surface area is 184 Å². The Kier molecular flexibility index (Phi) is 5.41. The molecule has 0 N–H and O–H groups in total. The van der Waals surface area contributed by atoms with Gasteiger partial charge in [-0.25, -0.2) is 14.8 Å². The van der Waals surface area contributed by atoms with Gasteiger partial charge in [-0.2, -0.15) is 5.10 Å². The Hall–Kier alpha value is -3.94. The molecule has 8 nitrogen and oxygen atoms in total. The molecule has 162 valence electrons. The second-order valence-electron chi connectivity index (χ2n) is 7.66. The molecule has 5 rings (SSSR count). The van der Waals surface area contributed by atoms with Crippen molar-refractivity contribution in [3.05, 3.63) is 84.0 Å². The molecular weight excluding hydrogens is 410 g/mol. The standard InChI is InChI=1S/C24H21N3O5/c28-21(15-32-24(29)19-9-1-2-11-25-19)27-23(20-10-5-13-31-20)18-8-3-6-16(22(18)26-27)14-17-7-4-12-30-17/h1-2,4-5,7,9-14,18,23H,3,6,8,15H2/b16-14+. The Bertz CT molecular complexity index is 1150. The third-order valence-corrected chi connectivity index (χ3v) is 5.65. The fourth-order valence-corrected chi connectivity index (χ4v) is 4.24. The number of rotatable bonds is 5. The molecule has 0 radical (unpaired) electrons. The monoisotopic (exact) mass is 431 g/mol. The molecule has 4 heterocycles. The topological polar surface area (TPSA) is 98.1 Å². The molecule has 32 heavy (non-hydrogen) atoms. The van der Waals surface area contributed by atoms with E-state index in [0.29, 0.717) is 5.76 Å². The predicted molar refractivity (Wildman–Crippen MR) is 114 cm³/mol. The average Bonchev–Trinajstić information content (AvgIpc) is 3.58. The highest BCUT2D eigenvalue weighted by molar-refractivity contribution is 6.08. The van der Waals surface area contributed by atoms with Gasteiger partial charge in [0.25, 0.3) is 5.91 Å². The van der Waals surface area contributed by atoms with Gasteiger partial charge in [-0.3, -0.25) is 4.79 Å². The number of esters is 1. The SMILES string of the molecule is O=C(OCC(=O)N1N=C2/C(=C/c3ccco3)CCCC2C1c1ccco1)c1ccccn1. The van der Waals surface area contributed by atoms with Gasteiger partial charge in [0.15, 0.2) is 6.61 Å². The number of hydrazone groups is 1. The molecule has 1 fully saturated rings. The first-order valence-electron chi connectivity index (χ1n) is 10.5. The molecular formula is C24H21N3O5. The van der Waals surface area contributed by atoms with Crippen LogP contribution in [0, 0.1) is 5.92 Å². The lowest BCUT2D eigenvalue weighted by atomic mass is 9.79. The van der Waals surface area contributed by atoms with Crippen molar-refractivity contribution in [1.29, 1.82) is 0 Å². The minimum absolute atomic E-state index is 0.00782. The maximum absolute atomic E-state index is 13.1. The molecule has 0 spiro atoms. The van der Waals surface area contributed by atoms with Crippen molar-refractivity contribution >= 4 is 23.7 Å². The lowest BCUT2D eigenvalue weighted by Gasteiger charge is -2.27. The summed E-state index contributed by atoms with van der Waals surface area (Å²) in [6, 6.07) is 11.9. The molecule has 1 amide bonds. The third kappa shape index (κ3) is 3.87. The van der Waals surface area contributed by atoms with Gasteiger partial charge in [0.05, 0.1) is 18.2 Å². The van der Waals surface area contributed by atoms with Crippen LogP contribution in [0.2, 0.25) is 0 Å². The zero-order valence-electron chi connectivity index (χ0n) is 17.2. The van der Waals surface area contributed by atoms with E-state index in [1.807, 2.05) is 24.3 Å². The van der Waals surface area contributed by atoms with Gasteiger partial charge in [-0.05, 0) is 67.3 Å². The lowest BCUT2D eigenvalue weighted by Crippen LogP contribution is -2.34. The number of pyridine rings is 1. The number of allylic oxidation sites excluding steroid dienone is 1. The summed E-state index contributed by atoms with van der Waals surface area (Å²) in [5.41, 5.74) is 2.03. The second kappa shape index (κ2) is 8.66. The minimum Gasteiger partial charge on any atom is -0.467 e. The Morgan fingerprint density at radius 1 is 1.12 bits per heavy atom. The number of carbonyl (C=O) groups is 2. The summed E-state index contributed by atoms with van der Waals surface area (Å²) in [4.78, 5) is 29.3. The number of hydrogen-bond donors (Lipinski definition) is 0. The largest absolute Gasteiger partial charge is 0.467 e. The summed E-state index contributed by atoms with van der Waals surface area (Å²) in [6.45, 7) is -0.437. The zero-order valence-corrected chi connectivity index (χ0v) is 17.2. The van der Waals surface area contributed by atoms with Crippen LogP contribution in [0.1, 0.15) is 47.3 Å². The molecule has 0 aromatic carbocycles. The summed E-state index contributed by atoms with van der Waals surface area (Å²) in [6.07, 6.45) is 9.35. The van der Waals surface area contributed by atoms with Gasteiger partial charge in [-0.15, -0.1) is 0 Å². The Balaban J connectivity index is 1.40. The highest BCUT2D eigenvalue weighted by atomic mass is 16.5. The van der Waals surface area contributed by atoms with Crippen molar-refractivity contribution in [2.75, 3.05) is 6.61 Å². The number of aromatic nitrogens is 1. The van der Waals surface area contributed by atoms with E-state index in [4.69, 9.17) is 13.6 Å². The molecule has 2 atom stereocenters. The molecule has 2 unspecified atom stereocenters. The van der Waals surface area contributed by atoms with E-state index in [9.17, 15) is 9.59 Å².